The van der Waals surface area contributed by atoms with Crippen LogP contribution in [0.2, 0.25) is 0 Å². The predicted molar refractivity (Wildman–Crippen MR) is 75.9 cm³/mol. The quantitative estimate of drug-likeness (QED) is 0.718. The molecule has 0 amide bonds. The molecule has 6 nitrogen and oxygen atoms in total. The topological polar surface area (TPSA) is 96.6 Å². The fraction of sp³-hybridized carbons (Fsp3) is 0.800. The number of nitriles is 1. The highest BCUT2D eigenvalue weighted by molar-refractivity contribution is 5.89. The summed E-state index contributed by atoms with van der Waals surface area (Å²) in [7, 11) is 0. The highest BCUT2D eigenvalue weighted by atomic mass is 16.6. The fourth-order valence-electron chi connectivity index (χ4n) is 1.96. The summed E-state index contributed by atoms with van der Waals surface area (Å²) in [5.74, 6) is -1.82. The molecule has 0 heterocycles. The number of aliphatic hydroxyl groups is 1. The second-order valence-corrected chi connectivity index (χ2v) is 5.83. The second kappa shape index (κ2) is 7.99. The van der Waals surface area contributed by atoms with Crippen molar-refractivity contribution in [3.8, 4) is 6.07 Å². The first-order valence-corrected chi connectivity index (χ1v) is 7.08. The summed E-state index contributed by atoms with van der Waals surface area (Å²) in [4.78, 5) is 23.8. The van der Waals surface area contributed by atoms with Crippen LogP contribution in [0, 0.1) is 28.6 Å². The van der Waals surface area contributed by atoms with Crippen molar-refractivity contribution in [2.24, 2.45) is 17.3 Å². The lowest BCUT2D eigenvalue weighted by Crippen LogP contribution is -2.47. The van der Waals surface area contributed by atoms with Gasteiger partial charge in [0.05, 0.1) is 12.7 Å². The molecule has 0 rings (SSSR count). The van der Waals surface area contributed by atoms with Crippen molar-refractivity contribution >= 4 is 11.9 Å². The van der Waals surface area contributed by atoms with Crippen LogP contribution in [-0.2, 0) is 19.1 Å². The monoisotopic (exact) mass is 299 g/mol. The Hall–Kier alpha value is -1.61. The summed E-state index contributed by atoms with van der Waals surface area (Å²) in [6, 6.07) is 1.68. The van der Waals surface area contributed by atoms with E-state index < -0.39 is 29.6 Å². The van der Waals surface area contributed by atoms with Crippen LogP contribution in [-0.4, -0.2) is 35.9 Å². The molecule has 1 N–H and O–H groups in total. The summed E-state index contributed by atoms with van der Waals surface area (Å²) in [5.41, 5.74) is -1.99. The van der Waals surface area contributed by atoms with Crippen LogP contribution in [0.4, 0.5) is 0 Å². The molecular weight excluding hydrogens is 274 g/mol. The van der Waals surface area contributed by atoms with Gasteiger partial charge in [-0.05, 0) is 25.7 Å². The van der Waals surface area contributed by atoms with Crippen LogP contribution in [0.5, 0.6) is 0 Å². The van der Waals surface area contributed by atoms with E-state index in [4.69, 9.17) is 4.74 Å². The van der Waals surface area contributed by atoms with Crippen molar-refractivity contribution in [3.63, 3.8) is 0 Å². The lowest BCUT2D eigenvalue weighted by molar-refractivity contribution is -0.177. The summed E-state index contributed by atoms with van der Waals surface area (Å²) >= 11 is 0. The molecule has 0 fully saturated rings. The van der Waals surface area contributed by atoms with Gasteiger partial charge in [-0.15, -0.1) is 0 Å². The van der Waals surface area contributed by atoms with Crippen molar-refractivity contribution in [2.75, 3.05) is 6.61 Å². The smallest absolute Gasteiger partial charge is 0.337 e. The molecule has 0 spiro atoms. The Morgan fingerprint density at radius 3 is 2.05 bits per heavy atom. The Bertz CT molecular complexity index is 405. The first-order chi connectivity index (χ1) is 9.61. The molecule has 0 unspecified atom stereocenters. The minimum Gasteiger partial charge on any atom is -0.464 e. The Morgan fingerprint density at radius 2 is 1.71 bits per heavy atom. The first-order valence-electron chi connectivity index (χ1n) is 7.08. The number of hydrogen-bond donors (Lipinski definition) is 1. The molecule has 0 aliphatic heterocycles. The fourth-order valence-corrected chi connectivity index (χ4v) is 1.96. The van der Waals surface area contributed by atoms with Crippen molar-refractivity contribution in [1.29, 1.82) is 5.26 Å². The van der Waals surface area contributed by atoms with Gasteiger partial charge in [0, 0.05) is 0 Å². The molecule has 0 aromatic carbocycles. The zero-order valence-corrected chi connectivity index (χ0v) is 13.5. The first kappa shape index (κ1) is 19.4. The maximum absolute atomic E-state index is 12.3. The third-order valence-corrected chi connectivity index (χ3v) is 3.27. The van der Waals surface area contributed by atoms with Crippen LogP contribution in [0.1, 0.15) is 41.5 Å². The Labute approximate surface area is 126 Å². The van der Waals surface area contributed by atoms with Crippen molar-refractivity contribution in [3.05, 3.63) is 0 Å². The lowest BCUT2D eigenvalue weighted by atomic mass is 9.85. The van der Waals surface area contributed by atoms with Crippen LogP contribution >= 0.6 is 0 Å². The number of hydrogen-bond acceptors (Lipinski definition) is 6. The lowest BCUT2D eigenvalue weighted by Gasteiger charge is -2.30. The van der Waals surface area contributed by atoms with Gasteiger partial charge in [-0.3, -0.25) is 4.79 Å². The summed E-state index contributed by atoms with van der Waals surface area (Å²) in [5, 5.41) is 19.1. The van der Waals surface area contributed by atoms with E-state index in [9.17, 15) is 20.0 Å². The van der Waals surface area contributed by atoms with E-state index in [0.717, 1.165) is 0 Å². The van der Waals surface area contributed by atoms with Gasteiger partial charge in [0.15, 0.2) is 11.5 Å². The zero-order valence-electron chi connectivity index (χ0n) is 13.5. The predicted octanol–water partition coefficient (Wildman–Crippen LogP) is 1.66. The third-order valence-electron chi connectivity index (χ3n) is 3.27. The molecule has 6 heteroatoms. The average Bonchev–Trinajstić information content (AvgIpc) is 2.41. The van der Waals surface area contributed by atoms with Gasteiger partial charge in [0.1, 0.15) is 6.10 Å². The molecule has 0 saturated heterocycles. The second-order valence-electron chi connectivity index (χ2n) is 5.83. The van der Waals surface area contributed by atoms with E-state index in [1.54, 1.807) is 13.0 Å². The number of carbonyl (C=O) groups is 2. The van der Waals surface area contributed by atoms with Crippen molar-refractivity contribution in [2.45, 2.75) is 53.8 Å². The average molecular weight is 299 g/mol. The molecule has 0 aliphatic rings. The Kier molecular flexibility index (Phi) is 7.37. The maximum atomic E-state index is 12.3. The van der Waals surface area contributed by atoms with Gasteiger partial charge < -0.3 is 14.6 Å². The van der Waals surface area contributed by atoms with E-state index in [1.165, 1.54) is 6.92 Å². The van der Waals surface area contributed by atoms with Gasteiger partial charge in [0.2, 0.25) is 0 Å². The number of aliphatic hydroxyl groups excluding tert-OH is 1. The Balaban J connectivity index is 5.21. The zero-order chi connectivity index (χ0) is 16.8. The largest absolute Gasteiger partial charge is 0.464 e. The SMILES string of the molecule is CCOC(=O)[C@@H](O)[C@](C)(C#N)C(=O)OC(C(C)C)C(C)C. The standard InChI is InChI=1S/C15H25NO5/c1-7-20-13(18)12(17)15(6,8-16)14(19)21-11(9(2)3)10(4)5/h9-12,17H,7H2,1-6H3/t12-,15+/m1/s1. The molecule has 0 radical (unpaired) electrons. The van der Waals surface area contributed by atoms with Gasteiger partial charge in [-0.1, -0.05) is 27.7 Å². The molecule has 21 heavy (non-hydrogen) atoms. The van der Waals surface area contributed by atoms with Crippen LogP contribution in [0.3, 0.4) is 0 Å². The molecule has 2 atom stereocenters. The van der Waals surface area contributed by atoms with Crippen LogP contribution in [0.15, 0.2) is 0 Å². The maximum Gasteiger partial charge on any atom is 0.337 e. The van der Waals surface area contributed by atoms with Crippen LogP contribution in [0.25, 0.3) is 0 Å². The number of nitrogens with zero attached hydrogens (tertiary/aromatic N) is 1. The highest BCUT2D eigenvalue weighted by Crippen LogP contribution is 2.27. The molecule has 0 aromatic rings. The van der Waals surface area contributed by atoms with Crippen molar-refractivity contribution in [1.82, 2.24) is 0 Å². The third kappa shape index (κ3) is 4.71. The number of ether oxygens (including phenoxy) is 2. The van der Waals surface area contributed by atoms with E-state index in [0.29, 0.717) is 0 Å². The van der Waals surface area contributed by atoms with Crippen molar-refractivity contribution < 1.29 is 24.2 Å². The van der Waals surface area contributed by atoms with E-state index in [-0.39, 0.29) is 18.4 Å². The molecular formula is C15H25NO5. The number of carbonyl (C=O) groups excluding carboxylic acids is 2. The summed E-state index contributed by atoms with van der Waals surface area (Å²) in [6.45, 7) is 10.4. The molecule has 0 saturated carbocycles. The van der Waals surface area contributed by atoms with Crippen LogP contribution < -0.4 is 0 Å². The molecule has 0 aliphatic carbocycles. The molecule has 120 valence electrons. The van der Waals surface area contributed by atoms with Gasteiger partial charge in [-0.2, -0.15) is 5.26 Å². The van der Waals surface area contributed by atoms with Gasteiger partial charge in [-0.25, -0.2) is 4.79 Å². The van der Waals surface area contributed by atoms with E-state index in [1.807, 2.05) is 27.7 Å². The highest BCUT2D eigenvalue weighted by Gasteiger charge is 2.48. The molecule has 0 bridgehead atoms. The normalized spacial score (nSPS) is 15.5. The number of esters is 2. The Morgan fingerprint density at radius 1 is 1.24 bits per heavy atom. The van der Waals surface area contributed by atoms with E-state index >= 15 is 0 Å². The minimum absolute atomic E-state index is 0.0487. The van der Waals surface area contributed by atoms with Gasteiger partial charge >= 0.3 is 11.9 Å². The van der Waals surface area contributed by atoms with Gasteiger partial charge in [0.25, 0.3) is 0 Å². The van der Waals surface area contributed by atoms with E-state index in [2.05, 4.69) is 4.74 Å². The number of rotatable bonds is 7. The minimum atomic E-state index is -1.99. The summed E-state index contributed by atoms with van der Waals surface area (Å²) < 4.78 is 10.0. The molecule has 0 aromatic heterocycles. The summed E-state index contributed by atoms with van der Waals surface area (Å²) in [6.07, 6.45) is -2.28.